The van der Waals surface area contributed by atoms with E-state index in [1.54, 1.807) is 0 Å². The van der Waals surface area contributed by atoms with E-state index >= 15 is 0 Å². The second kappa shape index (κ2) is 9.15. The summed E-state index contributed by atoms with van der Waals surface area (Å²) in [7, 11) is 0. The van der Waals surface area contributed by atoms with Crippen LogP contribution in [0.4, 0.5) is 0 Å². The molecule has 32 heavy (non-hydrogen) atoms. The molecule has 0 bridgehead atoms. The van der Waals surface area contributed by atoms with Crippen molar-refractivity contribution < 1.29 is 9.47 Å². The zero-order chi connectivity index (χ0) is 21.8. The fraction of sp³-hybridized carbons (Fsp3) is 0.133. The van der Waals surface area contributed by atoms with Gasteiger partial charge in [-0.1, -0.05) is 110 Å². The van der Waals surface area contributed by atoms with Crippen molar-refractivity contribution in [2.45, 2.75) is 26.6 Å². The summed E-state index contributed by atoms with van der Waals surface area (Å²) in [5.74, 6) is 1.85. The highest BCUT2D eigenvalue weighted by molar-refractivity contribution is 6.12. The normalized spacial score (nSPS) is 11.0. The lowest BCUT2D eigenvalue weighted by atomic mass is 9.96. The van der Waals surface area contributed by atoms with Gasteiger partial charge >= 0.3 is 0 Å². The lowest BCUT2D eigenvalue weighted by Crippen LogP contribution is -2.01. The molecule has 0 saturated carbocycles. The Hall–Kier alpha value is -3.78. The van der Waals surface area contributed by atoms with Gasteiger partial charge in [0.2, 0.25) is 0 Å². The third-order valence-corrected chi connectivity index (χ3v) is 5.87. The molecule has 2 heteroatoms. The van der Waals surface area contributed by atoms with E-state index in [1.807, 2.05) is 36.4 Å². The minimum Gasteiger partial charge on any atom is -0.488 e. The standard InChI is InChI=1S/C30H26O2/c1-2-24-16-11-19-27-28(24)30(32-21-23-14-7-4-8-15-23)26-18-10-9-17-25(26)29(27)31-20-22-12-5-3-6-13-22/h3-19H,2,20-21H2,1H3. The average Bonchev–Trinajstić information content (AvgIpc) is 2.87. The minimum absolute atomic E-state index is 0.528. The number of ether oxygens (including phenoxy) is 2. The van der Waals surface area contributed by atoms with Gasteiger partial charge in [0.05, 0.1) is 0 Å². The highest BCUT2D eigenvalue weighted by Gasteiger charge is 2.18. The highest BCUT2D eigenvalue weighted by atomic mass is 16.5. The first-order chi connectivity index (χ1) is 15.8. The van der Waals surface area contributed by atoms with Crippen molar-refractivity contribution in [2.24, 2.45) is 0 Å². The van der Waals surface area contributed by atoms with Gasteiger partial charge in [-0.2, -0.15) is 0 Å². The molecular weight excluding hydrogens is 392 g/mol. The van der Waals surface area contributed by atoms with Crippen molar-refractivity contribution in [3.8, 4) is 11.5 Å². The Kier molecular flexibility index (Phi) is 5.76. The van der Waals surface area contributed by atoms with Crippen LogP contribution in [-0.2, 0) is 19.6 Å². The number of hydrogen-bond acceptors (Lipinski definition) is 2. The lowest BCUT2D eigenvalue weighted by molar-refractivity contribution is 0.308. The van der Waals surface area contributed by atoms with Gasteiger partial charge in [-0.05, 0) is 23.1 Å². The Balaban J connectivity index is 1.67. The van der Waals surface area contributed by atoms with Crippen LogP contribution in [0.5, 0.6) is 11.5 Å². The summed E-state index contributed by atoms with van der Waals surface area (Å²) < 4.78 is 13.0. The zero-order valence-electron chi connectivity index (χ0n) is 18.3. The molecule has 0 aliphatic carbocycles. The predicted molar refractivity (Wildman–Crippen MR) is 132 cm³/mol. The molecule has 0 aliphatic rings. The maximum absolute atomic E-state index is 6.52. The second-order valence-corrected chi connectivity index (χ2v) is 7.95. The molecule has 5 aromatic rings. The van der Waals surface area contributed by atoms with E-state index in [1.165, 1.54) is 5.56 Å². The van der Waals surface area contributed by atoms with E-state index in [0.29, 0.717) is 13.2 Å². The van der Waals surface area contributed by atoms with Crippen molar-refractivity contribution in [1.82, 2.24) is 0 Å². The molecule has 2 nitrogen and oxygen atoms in total. The molecule has 0 unspecified atom stereocenters. The van der Waals surface area contributed by atoms with E-state index < -0.39 is 0 Å². The molecular formula is C30H26O2. The molecule has 0 atom stereocenters. The first kappa shape index (κ1) is 20.1. The molecule has 0 spiro atoms. The molecule has 0 N–H and O–H groups in total. The van der Waals surface area contributed by atoms with Gasteiger partial charge in [0, 0.05) is 21.5 Å². The Morgan fingerprint density at radius 1 is 0.500 bits per heavy atom. The van der Waals surface area contributed by atoms with Crippen LogP contribution < -0.4 is 9.47 Å². The van der Waals surface area contributed by atoms with Crippen LogP contribution in [0.1, 0.15) is 23.6 Å². The summed E-state index contributed by atoms with van der Waals surface area (Å²) in [6, 6.07) is 35.5. The maximum atomic E-state index is 6.52. The van der Waals surface area contributed by atoms with Crippen LogP contribution in [0.2, 0.25) is 0 Å². The van der Waals surface area contributed by atoms with E-state index in [2.05, 4.69) is 73.7 Å². The fourth-order valence-electron chi connectivity index (χ4n) is 4.28. The number of fused-ring (bicyclic) bond motifs is 2. The van der Waals surface area contributed by atoms with Crippen molar-refractivity contribution >= 4 is 21.5 Å². The van der Waals surface area contributed by atoms with Gasteiger partial charge < -0.3 is 9.47 Å². The number of benzene rings is 5. The maximum Gasteiger partial charge on any atom is 0.136 e. The monoisotopic (exact) mass is 418 g/mol. The molecule has 5 rings (SSSR count). The first-order valence-corrected chi connectivity index (χ1v) is 11.1. The van der Waals surface area contributed by atoms with Crippen LogP contribution >= 0.6 is 0 Å². The minimum atomic E-state index is 0.528. The van der Waals surface area contributed by atoms with Crippen LogP contribution in [0.3, 0.4) is 0 Å². The topological polar surface area (TPSA) is 18.5 Å². The van der Waals surface area contributed by atoms with Crippen molar-refractivity contribution in [2.75, 3.05) is 0 Å². The number of hydrogen-bond donors (Lipinski definition) is 0. The van der Waals surface area contributed by atoms with Crippen molar-refractivity contribution in [3.63, 3.8) is 0 Å². The van der Waals surface area contributed by atoms with Gasteiger partial charge in [-0.3, -0.25) is 0 Å². The summed E-state index contributed by atoms with van der Waals surface area (Å²) in [4.78, 5) is 0. The summed E-state index contributed by atoms with van der Waals surface area (Å²) in [5.41, 5.74) is 3.57. The third-order valence-electron chi connectivity index (χ3n) is 5.87. The summed E-state index contributed by atoms with van der Waals surface area (Å²) in [5, 5.41) is 4.40. The molecule has 0 saturated heterocycles. The van der Waals surface area contributed by atoms with E-state index in [0.717, 1.165) is 50.6 Å². The van der Waals surface area contributed by atoms with Gasteiger partial charge in [-0.15, -0.1) is 0 Å². The highest BCUT2D eigenvalue weighted by Crippen LogP contribution is 2.44. The molecule has 0 aliphatic heterocycles. The molecule has 0 amide bonds. The van der Waals surface area contributed by atoms with Crippen molar-refractivity contribution in [1.29, 1.82) is 0 Å². The quantitative estimate of drug-likeness (QED) is 0.252. The van der Waals surface area contributed by atoms with Crippen LogP contribution in [0.25, 0.3) is 21.5 Å². The fourth-order valence-corrected chi connectivity index (χ4v) is 4.28. The average molecular weight is 419 g/mol. The Labute approximate surface area is 189 Å². The van der Waals surface area contributed by atoms with E-state index in [9.17, 15) is 0 Å². The van der Waals surface area contributed by atoms with Gasteiger partial charge in [0.15, 0.2) is 0 Å². The molecule has 5 aromatic carbocycles. The number of aryl methyl sites for hydroxylation is 1. The van der Waals surface area contributed by atoms with E-state index in [-0.39, 0.29) is 0 Å². The Morgan fingerprint density at radius 3 is 1.59 bits per heavy atom. The Bertz CT molecular complexity index is 1340. The first-order valence-electron chi connectivity index (χ1n) is 11.1. The van der Waals surface area contributed by atoms with Gasteiger partial charge in [0.1, 0.15) is 24.7 Å². The zero-order valence-corrected chi connectivity index (χ0v) is 18.3. The SMILES string of the molecule is CCc1cccc2c(OCc3ccccc3)c3ccccc3c(OCc3ccccc3)c12. The molecule has 0 aromatic heterocycles. The van der Waals surface area contributed by atoms with Crippen LogP contribution in [0, 0.1) is 0 Å². The largest absolute Gasteiger partial charge is 0.488 e. The summed E-state index contributed by atoms with van der Waals surface area (Å²) in [6.07, 6.45) is 0.926. The van der Waals surface area contributed by atoms with E-state index in [4.69, 9.17) is 9.47 Å². The predicted octanol–water partition coefficient (Wildman–Crippen LogP) is 7.71. The Morgan fingerprint density at radius 2 is 1.00 bits per heavy atom. The van der Waals surface area contributed by atoms with Gasteiger partial charge in [-0.25, -0.2) is 0 Å². The smallest absolute Gasteiger partial charge is 0.136 e. The molecule has 158 valence electrons. The molecule has 0 fully saturated rings. The summed E-state index contributed by atoms with van der Waals surface area (Å²) >= 11 is 0. The van der Waals surface area contributed by atoms with Crippen LogP contribution in [0.15, 0.2) is 103 Å². The summed E-state index contributed by atoms with van der Waals surface area (Å²) in [6.45, 7) is 3.25. The number of rotatable bonds is 7. The molecule has 0 heterocycles. The molecule has 0 radical (unpaired) electrons. The third kappa shape index (κ3) is 3.92. The van der Waals surface area contributed by atoms with Crippen molar-refractivity contribution in [3.05, 3.63) is 120 Å². The second-order valence-electron chi connectivity index (χ2n) is 7.95. The van der Waals surface area contributed by atoms with Gasteiger partial charge in [0.25, 0.3) is 0 Å². The van der Waals surface area contributed by atoms with Crippen LogP contribution in [-0.4, -0.2) is 0 Å². The lowest BCUT2D eigenvalue weighted by Gasteiger charge is -2.20.